The fraction of sp³-hybridized carbons (Fsp3) is 0.125. The number of rotatable bonds is 5. The molecule has 0 spiro atoms. The van der Waals surface area contributed by atoms with Gasteiger partial charge in [0, 0.05) is 21.3 Å². The Hall–Kier alpha value is -2.24. The van der Waals surface area contributed by atoms with Crippen LogP contribution < -0.4 is 11.1 Å². The number of amides is 1. The topological polar surface area (TPSA) is 76.7 Å². The Bertz CT molecular complexity index is 735. The maximum atomic E-state index is 12.0. The summed E-state index contributed by atoms with van der Waals surface area (Å²) in [5, 5.41) is 7.50. The van der Waals surface area contributed by atoms with Crippen molar-refractivity contribution in [3.05, 3.63) is 64.1 Å². The number of nitrogens with zero attached hydrogens (tertiary/aromatic N) is 1. The molecule has 0 aromatic heterocycles. The number of carbonyl (C=O) groups is 1. The summed E-state index contributed by atoms with van der Waals surface area (Å²) >= 11 is 11.7. The number of hydrogen-bond donors (Lipinski definition) is 2. The third-order valence-corrected chi connectivity index (χ3v) is 3.36. The van der Waals surface area contributed by atoms with Gasteiger partial charge in [-0.05, 0) is 37.3 Å². The molecule has 2 rings (SSSR count). The van der Waals surface area contributed by atoms with E-state index in [-0.39, 0.29) is 11.7 Å². The summed E-state index contributed by atoms with van der Waals surface area (Å²) in [5.74, 6) is -0.232. The van der Waals surface area contributed by atoms with Gasteiger partial charge < -0.3 is 15.9 Å². The molecule has 1 atom stereocenters. The SMILES string of the molecule is CC(O/N=C(/N)c1cccc(Cl)c1)C(=O)Nc1cccc(Cl)c1. The highest BCUT2D eigenvalue weighted by atomic mass is 35.5. The van der Waals surface area contributed by atoms with Crippen LogP contribution in [0.15, 0.2) is 53.7 Å². The van der Waals surface area contributed by atoms with E-state index in [4.69, 9.17) is 33.8 Å². The number of nitrogens with two attached hydrogens (primary N) is 1. The van der Waals surface area contributed by atoms with Crippen molar-refractivity contribution in [2.75, 3.05) is 5.32 Å². The van der Waals surface area contributed by atoms with Crippen molar-refractivity contribution in [3.63, 3.8) is 0 Å². The van der Waals surface area contributed by atoms with Crippen molar-refractivity contribution in [2.45, 2.75) is 13.0 Å². The maximum absolute atomic E-state index is 12.0. The summed E-state index contributed by atoms with van der Waals surface area (Å²) in [4.78, 5) is 17.2. The lowest BCUT2D eigenvalue weighted by atomic mass is 10.2. The fourth-order valence-electron chi connectivity index (χ4n) is 1.69. The zero-order valence-corrected chi connectivity index (χ0v) is 13.8. The second-order valence-electron chi connectivity index (χ2n) is 4.73. The van der Waals surface area contributed by atoms with Gasteiger partial charge in [0.05, 0.1) is 0 Å². The standard InChI is InChI=1S/C16H15Cl2N3O2/c1-10(16(22)20-14-7-3-6-13(18)9-14)23-21-15(19)11-4-2-5-12(17)8-11/h2-10H,1H3,(H2,19,21)(H,20,22). The van der Waals surface area contributed by atoms with Crippen LogP contribution in [0.1, 0.15) is 12.5 Å². The predicted octanol–water partition coefficient (Wildman–Crippen LogP) is 3.66. The Labute approximate surface area is 144 Å². The molecule has 23 heavy (non-hydrogen) atoms. The molecular weight excluding hydrogens is 337 g/mol. The van der Waals surface area contributed by atoms with Crippen molar-refractivity contribution in [1.82, 2.24) is 0 Å². The summed E-state index contributed by atoms with van der Waals surface area (Å²) in [5.41, 5.74) is 6.99. The van der Waals surface area contributed by atoms with Crippen LogP contribution in [0.3, 0.4) is 0 Å². The lowest BCUT2D eigenvalue weighted by Crippen LogP contribution is -2.27. The van der Waals surface area contributed by atoms with E-state index in [2.05, 4.69) is 10.5 Å². The number of nitrogens with one attached hydrogen (secondary N) is 1. The summed E-state index contributed by atoms with van der Waals surface area (Å²) in [6.45, 7) is 1.56. The third-order valence-electron chi connectivity index (χ3n) is 2.89. The monoisotopic (exact) mass is 351 g/mol. The molecule has 1 unspecified atom stereocenters. The first-order valence-electron chi connectivity index (χ1n) is 6.77. The van der Waals surface area contributed by atoms with E-state index in [1.807, 2.05) is 0 Å². The molecule has 0 fully saturated rings. The van der Waals surface area contributed by atoms with Crippen LogP contribution in [0.4, 0.5) is 5.69 Å². The number of amidine groups is 1. The van der Waals surface area contributed by atoms with Crippen LogP contribution in [-0.4, -0.2) is 17.8 Å². The summed E-state index contributed by atoms with van der Waals surface area (Å²) < 4.78 is 0. The highest BCUT2D eigenvalue weighted by molar-refractivity contribution is 6.31. The zero-order valence-electron chi connectivity index (χ0n) is 12.3. The normalized spacial score (nSPS) is 12.6. The molecule has 0 radical (unpaired) electrons. The van der Waals surface area contributed by atoms with Gasteiger partial charge in [0.2, 0.25) is 6.10 Å². The zero-order chi connectivity index (χ0) is 16.8. The van der Waals surface area contributed by atoms with Crippen LogP contribution in [0.5, 0.6) is 0 Å². The Morgan fingerprint density at radius 1 is 1.17 bits per heavy atom. The highest BCUT2D eigenvalue weighted by Gasteiger charge is 2.15. The quantitative estimate of drug-likeness (QED) is 0.490. The molecule has 0 heterocycles. The Morgan fingerprint density at radius 3 is 2.48 bits per heavy atom. The third kappa shape index (κ3) is 5.16. The first-order valence-corrected chi connectivity index (χ1v) is 7.53. The van der Waals surface area contributed by atoms with Crippen LogP contribution in [0.2, 0.25) is 10.0 Å². The van der Waals surface area contributed by atoms with Crippen LogP contribution >= 0.6 is 23.2 Å². The first kappa shape index (κ1) is 17.1. The molecule has 2 aromatic carbocycles. The molecule has 0 bridgehead atoms. The molecule has 2 aromatic rings. The Balaban J connectivity index is 1.96. The van der Waals surface area contributed by atoms with Crippen molar-refractivity contribution in [1.29, 1.82) is 0 Å². The Morgan fingerprint density at radius 2 is 1.83 bits per heavy atom. The molecule has 0 saturated heterocycles. The second-order valence-corrected chi connectivity index (χ2v) is 5.61. The van der Waals surface area contributed by atoms with Crippen molar-refractivity contribution in [2.24, 2.45) is 10.9 Å². The van der Waals surface area contributed by atoms with E-state index >= 15 is 0 Å². The van der Waals surface area contributed by atoms with Gasteiger partial charge in [0.1, 0.15) is 0 Å². The molecule has 7 heteroatoms. The molecule has 120 valence electrons. The molecule has 5 nitrogen and oxygen atoms in total. The Kier molecular flexibility index (Phi) is 5.84. The smallest absolute Gasteiger partial charge is 0.267 e. The van der Waals surface area contributed by atoms with E-state index < -0.39 is 6.10 Å². The minimum atomic E-state index is -0.827. The van der Waals surface area contributed by atoms with Gasteiger partial charge in [0.25, 0.3) is 5.91 Å². The first-order chi connectivity index (χ1) is 11.0. The minimum Gasteiger partial charge on any atom is -0.381 e. The van der Waals surface area contributed by atoms with Crippen molar-refractivity contribution >= 4 is 40.6 Å². The number of hydrogen-bond acceptors (Lipinski definition) is 3. The lowest BCUT2D eigenvalue weighted by Gasteiger charge is -2.11. The number of halogens is 2. The van der Waals surface area contributed by atoms with E-state index in [9.17, 15) is 4.79 Å². The second kappa shape index (κ2) is 7.85. The number of anilines is 1. The van der Waals surface area contributed by atoms with Gasteiger partial charge in [-0.1, -0.05) is 46.6 Å². The minimum absolute atomic E-state index is 0.134. The van der Waals surface area contributed by atoms with Gasteiger partial charge in [-0.25, -0.2) is 0 Å². The van der Waals surface area contributed by atoms with Crippen LogP contribution in [0, 0.1) is 0 Å². The molecule has 0 aliphatic heterocycles. The van der Waals surface area contributed by atoms with E-state index in [1.54, 1.807) is 55.5 Å². The summed E-state index contributed by atoms with van der Waals surface area (Å²) in [6, 6.07) is 13.7. The van der Waals surface area contributed by atoms with Crippen LogP contribution in [-0.2, 0) is 9.63 Å². The fourth-order valence-corrected chi connectivity index (χ4v) is 2.07. The molecule has 0 aliphatic rings. The van der Waals surface area contributed by atoms with Crippen LogP contribution in [0.25, 0.3) is 0 Å². The predicted molar refractivity (Wildman–Crippen MR) is 92.8 cm³/mol. The highest BCUT2D eigenvalue weighted by Crippen LogP contribution is 2.15. The maximum Gasteiger partial charge on any atom is 0.267 e. The van der Waals surface area contributed by atoms with Crippen molar-refractivity contribution in [3.8, 4) is 0 Å². The number of benzene rings is 2. The molecule has 3 N–H and O–H groups in total. The molecule has 0 aliphatic carbocycles. The van der Waals surface area contributed by atoms with E-state index in [1.165, 1.54) is 0 Å². The van der Waals surface area contributed by atoms with Gasteiger partial charge in [0.15, 0.2) is 5.84 Å². The molecule has 0 saturated carbocycles. The average molecular weight is 352 g/mol. The summed E-state index contributed by atoms with van der Waals surface area (Å²) in [7, 11) is 0. The number of carbonyl (C=O) groups excluding carboxylic acids is 1. The summed E-state index contributed by atoms with van der Waals surface area (Å²) in [6.07, 6.45) is -0.827. The van der Waals surface area contributed by atoms with Crippen molar-refractivity contribution < 1.29 is 9.63 Å². The molecule has 1 amide bonds. The largest absolute Gasteiger partial charge is 0.381 e. The lowest BCUT2D eigenvalue weighted by molar-refractivity contribution is -0.126. The van der Waals surface area contributed by atoms with E-state index in [0.29, 0.717) is 21.3 Å². The van der Waals surface area contributed by atoms with Gasteiger partial charge in [-0.15, -0.1) is 0 Å². The van der Waals surface area contributed by atoms with Gasteiger partial charge in [-0.2, -0.15) is 0 Å². The van der Waals surface area contributed by atoms with E-state index in [0.717, 1.165) is 0 Å². The average Bonchev–Trinajstić information content (AvgIpc) is 2.52. The number of oxime groups is 1. The molecular formula is C16H15Cl2N3O2. The van der Waals surface area contributed by atoms with Gasteiger partial charge >= 0.3 is 0 Å². The van der Waals surface area contributed by atoms with Gasteiger partial charge in [-0.3, -0.25) is 4.79 Å².